The quantitative estimate of drug-likeness (QED) is 0.300. The summed E-state index contributed by atoms with van der Waals surface area (Å²) in [5.41, 5.74) is 0.717. The average Bonchev–Trinajstić information content (AvgIpc) is 3.27. The zero-order valence-corrected chi connectivity index (χ0v) is 17.3. The van der Waals surface area contributed by atoms with Gasteiger partial charge in [-0.25, -0.2) is 0 Å². The van der Waals surface area contributed by atoms with Crippen LogP contribution in [-0.2, 0) is 6.61 Å². The van der Waals surface area contributed by atoms with E-state index in [0.29, 0.717) is 17.2 Å². The smallest absolute Gasteiger partial charge is 0.296 e. The topological polar surface area (TPSA) is 90.7 Å². The minimum absolute atomic E-state index is 0.109. The van der Waals surface area contributed by atoms with E-state index in [2.05, 4.69) is 5.32 Å². The number of carbonyl (C=O) groups is 1. The molecule has 0 aliphatic rings. The molecule has 0 aliphatic carbocycles. The number of benzene rings is 3. The Morgan fingerprint density at radius 3 is 2.58 bits per heavy atom. The van der Waals surface area contributed by atoms with Crippen molar-refractivity contribution in [3.63, 3.8) is 0 Å². The second kappa shape index (κ2) is 8.85. The van der Waals surface area contributed by atoms with E-state index in [-0.39, 0.29) is 11.4 Å². The highest BCUT2D eigenvalue weighted by atomic mass is 32.1. The van der Waals surface area contributed by atoms with Gasteiger partial charge in [-0.1, -0.05) is 30.3 Å². The Kier molecular flexibility index (Phi) is 5.81. The van der Waals surface area contributed by atoms with Gasteiger partial charge in [0, 0.05) is 5.56 Å². The van der Waals surface area contributed by atoms with Crippen LogP contribution >= 0.6 is 11.3 Å². The molecule has 0 saturated carbocycles. The number of nitrogens with zero attached hydrogens (tertiary/aromatic N) is 1. The molecule has 4 rings (SSSR count). The summed E-state index contributed by atoms with van der Waals surface area (Å²) in [5.74, 6) is 0.661. The molecule has 31 heavy (non-hydrogen) atoms. The van der Waals surface area contributed by atoms with Crippen LogP contribution in [0.1, 0.15) is 15.2 Å². The number of amides is 1. The number of nitro groups is 1. The van der Waals surface area contributed by atoms with E-state index in [1.54, 1.807) is 12.1 Å². The van der Waals surface area contributed by atoms with E-state index in [1.165, 1.54) is 30.6 Å². The van der Waals surface area contributed by atoms with Crippen molar-refractivity contribution < 1.29 is 19.2 Å². The lowest BCUT2D eigenvalue weighted by Crippen LogP contribution is -2.11. The molecule has 1 amide bonds. The summed E-state index contributed by atoms with van der Waals surface area (Å²) >= 11 is 1.25. The number of ether oxygens (including phenoxy) is 2. The maximum absolute atomic E-state index is 12.6. The average molecular weight is 434 g/mol. The number of nitrogens with one attached hydrogen (secondary N) is 1. The highest BCUT2D eigenvalue weighted by Gasteiger charge is 2.19. The van der Waals surface area contributed by atoms with Gasteiger partial charge in [0.05, 0.1) is 23.0 Å². The molecule has 0 atom stereocenters. The third-order valence-corrected chi connectivity index (χ3v) is 5.63. The standard InChI is InChI=1S/C23H18N2O5S/c1-29-18-8-9-20(21(12-18)25(27)28)24-23(26)22-10-15(14-31-22)13-30-19-7-6-16-4-2-3-5-17(16)11-19/h2-12,14H,13H2,1H3,(H,24,26). The summed E-state index contributed by atoms with van der Waals surface area (Å²) in [7, 11) is 1.42. The molecular weight excluding hydrogens is 416 g/mol. The summed E-state index contributed by atoms with van der Waals surface area (Å²) < 4.78 is 10.9. The van der Waals surface area contributed by atoms with Gasteiger partial charge in [0.15, 0.2) is 0 Å². The summed E-state index contributed by atoms with van der Waals surface area (Å²) in [6.45, 7) is 0.310. The SMILES string of the molecule is COc1ccc(NC(=O)c2cc(COc3ccc4ccccc4c3)cs2)c([N+](=O)[O-])c1. The Morgan fingerprint density at radius 1 is 1.03 bits per heavy atom. The first-order valence-electron chi connectivity index (χ1n) is 9.36. The first-order chi connectivity index (χ1) is 15.0. The van der Waals surface area contributed by atoms with Crippen molar-refractivity contribution in [2.75, 3.05) is 12.4 Å². The largest absolute Gasteiger partial charge is 0.496 e. The van der Waals surface area contributed by atoms with E-state index < -0.39 is 10.8 Å². The van der Waals surface area contributed by atoms with Crippen LogP contribution in [0.4, 0.5) is 11.4 Å². The fourth-order valence-electron chi connectivity index (χ4n) is 3.07. The van der Waals surface area contributed by atoms with Crippen LogP contribution in [0.2, 0.25) is 0 Å². The Balaban J connectivity index is 1.43. The molecule has 7 nitrogen and oxygen atoms in total. The van der Waals surface area contributed by atoms with Crippen LogP contribution in [0.3, 0.4) is 0 Å². The van der Waals surface area contributed by atoms with Crippen molar-refractivity contribution >= 4 is 39.4 Å². The molecule has 4 aromatic rings. The lowest BCUT2D eigenvalue weighted by atomic mass is 10.1. The summed E-state index contributed by atoms with van der Waals surface area (Å²) in [6.07, 6.45) is 0. The number of methoxy groups -OCH3 is 1. The van der Waals surface area contributed by atoms with Crippen LogP contribution in [0.5, 0.6) is 11.5 Å². The molecular formula is C23H18N2O5S. The van der Waals surface area contributed by atoms with E-state index in [1.807, 2.05) is 47.8 Å². The van der Waals surface area contributed by atoms with Crippen molar-refractivity contribution in [1.29, 1.82) is 0 Å². The van der Waals surface area contributed by atoms with Crippen molar-refractivity contribution in [1.82, 2.24) is 0 Å². The predicted octanol–water partition coefficient (Wildman–Crippen LogP) is 5.65. The molecule has 0 fully saturated rings. The highest BCUT2D eigenvalue weighted by Crippen LogP contribution is 2.30. The molecule has 1 N–H and O–H groups in total. The van der Waals surface area contributed by atoms with Gasteiger partial charge in [-0.05, 0) is 46.5 Å². The number of nitro benzene ring substituents is 1. The van der Waals surface area contributed by atoms with Gasteiger partial charge in [-0.15, -0.1) is 11.3 Å². The molecule has 1 heterocycles. The van der Waals surface area contributed by atoms with Gasteiger partial charge >= 0.3 is 0 Å². The highest BCUT2D eigenvalue weighted by molar-refractivity contribution is 7.12. The Labute approximate surface area is 182 Å². The van der Waals surface area contributed by atoms with Crippen LogP contribution < -0.4 is 14.8 Å². The lowest BCUT2D eigenvalue weighted by Gasteiger charge is -2.07. The van der Waals surface area contributed by atoms with Crippen molar-refractivity contribution in [2.24, 2.45) is 0 Å². The lowest BCUT2D eigenvalue weighted by molar-refractivity contribution is -0.384. The second-order valence-electron chi connectivity index (χ2n) is 6.71. The maximum Gasteiger partial charge on any atom is 0.296 e. The minimum atomic E-state index is -0.560. The fraction of sp³-hybridized carbons (Fsp3) is 0.0870. The normalized spacial score (nSPS) is 10.6. The molecule has 0 spiro atoms. The van der Waals surface area contributed by atoms with Crippen LogP contribution in [0.15, 0.2) is 72.1 Å². The van der Waals surface area contributed by atoms with Gasteiger partial charge in [-0.3, -0.25) is 14.9 Å². The number of carbonyl (C=O) groups excluding carboxylic acids is 1. The molecule has 0 bridgehead atoms. The zero-order chi connectivity index (χ0) is 21.8. The molecule has 8 heteroatoms. The molecule has 0 radical (unpaired) electrons. The van der Waals surface area contributed by atoms with Gasteiger partial charge in [0.1, 0.15) is 23.8 Å². The van der Waals surface area contributed by atoms with Gasteiger partial charge < -0.3 is 14.8 Å². The molecule has 0 saturated heterocycles. The predicted molar refractivity (Wildman–Crippen MR) is 120 cm³/mol. The Morgan fingerprint density at radius 2 is 1.81 bits per heavy atom. The third kappa shape index (κ3) is 4.65. The molecule has 1 aromatic heterocycles. The number of hydrogen-bond donors (Lipinski definition) is 1. The zero-order valence-electron chi connectivity index (χ0n) is 16.5. The van der Waals surface area contributed by atoms with Crippen LogP contribution in [0, 0.1) is 10.1 Å². The van der Waals surface area contributed by atoms with Gasteiger partial charge in [0.25, 0.3) is 11.6 Å². The fourth-order valence-corrected chi connectivity index (χ4v) is 3.87. The van der Waals surface area contributed by atoms with E-state index in [4.69, 9.17) is 9.47 Å². The minimum Gasteiger partial charge on any atom is -0.496 e. The summed E-state index contributed by atoms with van der Waals surface area (Å²) in [5, 5.41) is 18.0. The van der Waals surface area contributed by atoms with Crippen molar-refractivity contribution in [3.8, 4) is 11.5 Å². The monoisotopic (exact) mass is 434 g/mol. The number of hydrogen-bond acceptors (Lipinski definition) is 6. The molecule has 3 aromatic carbocycles. The van der Waals surface area contributed by atoms with E-state index in [9.17, 15) is 14.9 Å². The number of thiophene rings is 1. The van der Waals surface area contributed by atoms with Crippen molar-refractivity contribution in [3.05, 3.63) is 92.7 Å². The number of rotatable bonds is 7. The molecule has 0 unspecified atom stereocenters. The summed E-state index contributed by atoms with van der Waals surface area (Å²) in [4.78, 5) is 23.8. The number of fused-ring (bicyclic) bond motifs is 1. The van der Waals surface area contributed by atoms with E-state index >= 15 is 0 Å². The molecule has 156 valence electrons. The third-order valence-electron chi connectivity index (χ3n) is 4.65. The first-order valence-corrected chi connectivity index (χ1v) is 10.2. The number of anilines is 1. The van der Waals surface area contributed by atoms with Gasteiger partial charge in [-0.2, -0.15) is 0 Å². The van der Waals surface area contributed by atoms with Crippen LogP contribution in [-0.4, -0.2) is 17.9 Å². The Bertz CT molecular complexity index is 1270. The second-order valence-corrected chi connectivity index (χ2v) is 7.62. The van der Waals surface area contributed by atoms with Crippen molar-refractivity contribution in [2.45, 2.75) is 6.61 Å². The first kappa shape index (κ1) is 20.4. The van der Waals surface area contributed by atoms with Crippen LogP contribution in [0.25, 0.3) is 10.8 Å². The Hall–Kier alpha value is -3.91. The maximum atomic E-state index is 12.6. The van der Waals surface area contributed by atoms with E-state index in [0.717, 1.165) is 22.1 Å². The summed E-state index contributed by atoms with van der Waals surface area (Å²) in [6, 6.07) is 19.9. The molecule has 0 aliphatic heterocycles. The van der Waals surface area contributed by atoms with Gasteiger partial charge in [0.2, 0.25) is 0 Å².